The van der Waals surface area contributed by atoms with E-state index in [1.165, 1.54) is 19.3 Å². The van der Waals surface area contributed by atoms with Crippen molar-refractivity contribution in [2.24, 2.45) is 23.2 Å². The van der Waals surface area contributed by atoms with Crippen LogP contribution < -0.4 is 10.6 Å². The van der Waals surface area contributed by atoms with Crippen molar-refractivity contribution >= 4 is 34.4 Å². The first-order valence-electron chi connectivity index (χ1n) is 13.0. The maximum atomic E-state index is 13.4. The van der Waals surface area contributed by atoms with Crippen molar-refractivity contribution in [1.29, 1.82) is 0 Å². The topological polar surface area (TPSA) is 113 Å². The summed E-state index contributed by atoms with van der Waals surface area (Å²) in [5, 5.41) is 5.95. The zero-order chi connectivity index (χ0) is 25.0. The van der Waals surface area contributed by atoms with E-state index in [4.69, 9.17) is 0 Å². The van der Waals surface area contributed by atoms with Gasteiger partial charge in [-0.25, -0.2) is 15.0 Å². The number of rotatable bonds is 5. The fourth-order valence-corrected chi connectivity index (χ4v) is 7.15. The Morgan fingerprint density at radius 3 is 2.30 bits per heavy atom. The Labute approximate surface area is 214 Å². The molecule has 4 fully saturated rings. The van der Waals surface area contributed by atoms with Gasteiger partial charge < -0.3 is 15.6 Å². The molecule has 0 atom stereocenters. The number of aromatic nitrogens is 4. The van der Waals surface area contributed by atoms with Gasteiger partial charge in [0.05, 0.1) is 22.6 Å². The number of aromatic amines is 1. The van der Waals surface area contributed by atoms with E-state index in [0.717, 1.165) is 53.8 Å². The lowest BCUT2D eigenvalue weighted by atomic mass is 9.49. The average Bonchev–Trinajstić information content (AvgIpc) is 3.32. The van der Waals surface area contributed by atoms with E-state index < -0.39 is 0 Å². The van der Waals surface area contributed by atoms with Gasteiger partial charge >= 0.3 is 0 Å². The minimum absolute atomic E-state index is 0.167. The molecule has 3 aromatic heterocycles. The maximum absolute atomic E-state index is 13.4. The van der Waals surface area contributed by atoms with Crippen LogP contribution in [-0.2, 0) is 4.79 Å². The summed E-state index contributed by atoms with van der Waals surface area (Å²) in [4.78, 5) is 42.3. The van der Waals surface area contributed by atoms with E-state index in [9.17, 15) is 9.59 Å². The average molecular weight is 493 g/mol. The first kappa shape index (κ1) is 22.2. The molecule has 3 heterocycles. The van der Waals surface area contributed by atoms with Crippen molar-refractivity contribution < 1.29 is 9.59 Å². The largest absolute Gasteiger partial charge is 0.337 e. The summed E-state index contributed by atoms with van der Waals surface area (Å²) in [6.45, 7) is 0. The molecule has 0 aliphatic heterocycles. The third kappa shape index (κ3) is 4.06. The number of fused-ring (bicyclic) bond motifs is 1. The Bertz CT molecular complexity index is 1460. The van der Waals surface area contributed by atoms with Crippen LogP contribution in [0, 0.1) is 23.2 Å². The van der Waals surface area contributed by atoms with Crippen LogP contribution in [0.4, 0.5) is 11.5 Å². The highest BCUT2D eigenvalue weighted by molar-refractivity contribution is 6.04. The lowest BCUT2D eigenvalue weighted by molar-refractivity contribution is -0.140. The van der Waals surface area contributed by atoms with Crippen LogP contribution in [0.2, 0.25) is 0 Å². The Morgan fingerprint density at radius 2 is 1.62 bits per heavy atom. The SMILES string of the molecule is O=C(Nc1ccccn1)c1cc2nc(-c3ccc(NC(=O)C45CC6CC(CC(C6)C4)C5)cc3)[nH]c2cn1. The van der Waals surface area contributed by atoms with Gasteiger partial charge in [0.15, 0.2) is 0 Å². The van der Waals surface area contributed by atoms with E-state index in [-0.39, 0.29) is 22.9 Å². The predicted molar refractivity (Wildman–Crippen MR) is 141 cm³/mol. The number of nitrogens with zero attached hydrogens (tertiary/aromatic N) is 3. The normalized spacial score (nSPS) is 25.8. The van der Waals surface area contributed by atoms with Gasteiger partial charge in [-0.15, -0.1) is 0 Å². The summed E-state index contributed by atoms with van der Waals surface area (Å²) in [6.07, 6.45) is 10.4. The lowest BCUT2D eigenvalue weighted by Gasteiger charge is -2.55. The van der Waals surface area contributed by atoms with Crippen molar-refractivity contribution in [3.8, 4) is 11.4 Å². The van der Waals surface area contributed by atoms with E-state index in [0.29, 0.717) is 17.2 Å². The Hall–Kier alpha value is -4.07. The molecule has 0 unspecified atom stereocenters. The van der Waals surface area contributed by atoms with Crippen LogP contribution in [-0.4, -0.2) is 31.8 Å². The number of pyridine rings is 2. The fourth-order valence-electron chi connectivity index (χ4n) is 7.15. The number of hydrogen-bond donors (Lipinski definition) is 3. The number of benzene rings is 1. The van der Waals surface area contributed by atoms with Crippen LogP contribution >= 0.6 is 0 Å². The second-order valence-electron chi connectivity index (χ2n) is 11.1. The minimum atomic E-state index is -0.343. The second-order valence-corrected chi connectivity index (χ2v) is 11.1. The molecule has 4 aromatic rings. The van der Waals surface area contributed by atoms with Gasteiger partial charge in [-0.3, -0.25) is 9.59 Å². The zero-order valence-corrected chi connectivity index (χ0v) is 20.4. The Balaban J connectivity index is 1.06. The lowest BCUT2D eigenvalue weighted by Crippen LogP contribution is -2.51. The van der Waals surface area contributed by atoms with Crippen molar-refractivity contribution in [2.75, 3.05) is 10.6 Å². The molecule has 8 rings (SSSR count). The van der Waals surface area contributed by atoms with Gasteiger partial charge in [0.25, 0.3) is 5.91 Å². The van der Waals surface area contributed by atoms with Crippen LogP contribution in [0.3, 0.4) is 0 Å². The highest BCUT2D eigenvalue weighted by atomic mass is 16.2. The fraction of sp³-hybridized carbons (Fsp3) is 0.345. The first-order chi connectivity index (χ1) is 18.0. The summed E-state index contributed by atoms with van der Waals surface area (Å²) >= 11 is 0. The predicted octanol–water partition coefficient (Wildman–Crippen LogP) is 5.43. The molecule has 3 N–H and O–H groups in total. The molecule has 0 radical (unpaired) electrons. The van der Waals surface area contributed by atoms with Crippen molar-refractivity contribution in [2.45, 2.75) is 38.5 Å². The van der Waals surface area contributed by atoms with E-state index >= 15 is 0 Å². The molecule has 1 aromatic carbocycles. The molecule has 2 amide bonds. The second kappa shape index (κ2) is 8.50. The molecule has 8 nitrogen and oxygen atoms in total. The van der Waals surface area contributed by atoms with Gasteiger partial charge in [0, 0.05) is 17.4 Å². The molecule has 0 spiro atoms. The number of hydrogen-bond acceptors (Lipinski definition) is 5. The standard InChI is InChI=1S/C29H28N6O2/c36-27(35-25-3-1-2-8-30-25)23-12-22-24(16-31-23)34-26(33-22)20-4-6-21(7-5-20)32-28(37)29-13-17-9-18(14-29)11-19(10-17)15-29/h1-8,12,16-19H,9-11,13-15H2,(H,32,37)(H,33,34)(H,30,35,36). The number of anilines is 2. The van der Waals surface area contributed by atoms with Crippen LogP contribution in [0.1, 0.15) is 49.0 Å². The molecule has 0 saturated heterocycles. The number of H-pyrrole nitrogens is 1. The Kier molecular flexibility index (Phi) is 5.09. The van der Waals surface area contributed by atoms with E-state index in [1.54, 1.807) is 36.7 Å². The summed E-state index contributed by atoms with van der Waals surface area (Å²) in [7, 11) is 0. The van der Waals surface area contributed by atoms with Crippen molar-refractivity contribution in [1.82, 2.24) is 19.9 Å². The third-order valence-electron chi connectivity index (χ3n) is 8.44. The summed E-state index contributed by atoms with van der Waals surface area (Å²) in [5.74, 6) is 3.22. The number of amides is 2. The number of carbonyl (C=O) groups is 2. The smallest absolute Gasteiger partial charge is 0.275 e. The summed E-state index contributed by atoms with van der Waals surface area (Å²) in [6, 6.07) is 14.8. The molecule has 4 bridgehead atoms. The first-order valence-corrected chi connectivity index (χ1v) is 13.0. The molecule has 4 aliphatic carbocycles. The molecule has 37 heavy (non-hydrogen) atoms. The minimum Gasteiger partial charge on any atom is -0.337 e. The molecule has 4 saturated carbocycles. The highest BCUT2D eigenvalue weighted by Crippen LogP contribution is 2.60. The van der Waals surface area contributed by atoms with Crippen LogP contribution in [0.5, 0.6) is 0 Å². The molecule has 4 aliphatic rings. The highest BCUT2D eigenvalue weighted by Gasteiger charge is 2.54. The van der Waals surface area contributed by atoms with Crippen molar-refractivity contribution in [3.05, 3.63) is 66.6 Å². The number of nitrogens with one attached hydrogen (secondary N) is 3. The number of imidazole rings is 1. The summed E-state index contributed by atoms with van der Waals surface area (Å²) in [5.41, 5.74) is 3.19. The monoisotopic (exact) mass is 492 g/mol. The van der Waals surface area contributed by atoms with Crippen molar-refractivity contribution in [3.63, 3.8) is 0 Å². The Morgan fingerprint density at radius 1 is 0.892 bits per heavy atom. The molecule has 186 valence electrons. The zero-order valence-electron chi connectivity index (χ0n) is 20.4. The van der Waals surface area contributed by atoms with Gasteiger partial charge in [-0.05, 0) is 98.7 Å². The quantitative estimate of drug-likeness (QED) is 0.344. The van der Waals surface area contributed by atoms with Crippen LogP contribution in [0.15, 0.2) is 60.9 Å². The van der Waals surface area contributed by atoms with Gasteiger partial charge in [0.1, 0.15) is 17.3 Å². The van der Waals surface area contributed by atoms with E-state index in [2.05, 4.69) is 30.6 Å². The third-order valence-corrected chi connectivity index (χ3v) is 8.44. The maximum Gasteiger partial charge on any atom is 0.275 e. The molecular formula is C29H28N6O2. The van der Waals surface area contributed by atoms with E-state index in [1.807, 2.05) is 24.3 Å². The molecule has 8 heteroatoms. The summed E-state index contributed by atoms with van der Waals surface area (Å²) < 4.78 is 0. The number of carbonyl (C=O) groups excluding carboxylic acids is 2. The molecular weight excluding hydrogens is 464 g/mol. The van der Waals surface area contributed by atoms with Gasteiger partial charge in [0.2, 0.25) is 5.91 Å². The van der Waals surface area contributed by atoms with Gasteiger partial charge in [-0.2, -0.15) is 0 Å². The van der Waals surface area contributed by atoms with Gasteiger partial charge in [-0.1, -0.05) is 6.07 Å². The van der Waals surface area contributed by atoms with Crippen LogP contribution in [0.25, 0.3) is 22.4 Å².